The van der Waals surface area contributed by atoms with Crippen LogP contribution in [0.5, 0.6) is 0 Å². The molecule has 1 N–H and O–H groups in total. The molecule has 7 nitrogen and oxygen atoms in total. The lowest BCUT2D eigenvalue weighted by atomic mass is 10.1. The van der Waals surface area contributed by atoms with Gasteiger partial charge >= 0.3 is 5.97 Å². The minimum Gasteiger partial charge on any atom is -0.481 e. The van der Waals surface area contributed by atoms with Crippen molar-refractivity contribution in [3.63, 3.8) is 0 Å². The Morgan fingerprint density at radius 2 is 2.05 bits per heavy atom. The van der Waals surface area contributed by atoms with Gasteiger partial charge in [-0.1, -0.05) is 12.1 Å². The van der Waals surface area contributed by atoms with Crippen LogP contribution in [0, 0.1) is 30.9 Å². The van der Waals surface area contributed by atoms with E-state index in [0.717, 1.165) is 0 Å². The lowest BCUT2D eigenvalue weighted by Crippen LogP contribution is -2.07. The van der Waals surface area contributed by atoms with Gasteiger partial charge in [0.05, 0.1) is 17.0 Å². The average Bonchev–Trinajstić information content (AvgIpc) is 2.65. The predicted molar refractivity (Wildman–Crippen MR) is 75.8 cm³/mol. The molecule has 0 bridgehead atoms. The second kappa shape index (κ2) is 5.35. The molecule has 0 saturated heterocycles. The molecule has 0 saturated carbocycles. The van der Waals surface area contributed by atoms with E-state index < -0.39 is 10.9 Å². The number of hydrogen-bond acceptors (Lipinski definition) is 4. The minimum atomic E-state index is -0.958. The van der Waals surface area contributed by atoms with E-state index in [1.165, 1.54) is 10.7 Å². The van der Waals surface area contributed by atoms with Gasteiger partial charge in [0.15, 0.2) is 0 Å². The summed E-state index contributed by atoms with van der Waals surface area (Å²) in [6.07, 6.45) is -0.155. The number of aryl methyl sites for hydroxylation is 2. The zero-order chi connectivity index (χ0) is 15.7. The molecular formula is C14H15N3O4. The van der Waals surface area contributed by atoms with Crippen molar-refractivity contribution < 1.29 is 14.8 Å². The van der Waals surface area contributed by atoms with Crippen molar-refractivity contribution in [3.8, 4) is 5.69 Å². The molecule has 0 aliphatic heterocycles. The van der Waals surface area contributed by atoms with Gasteiger partial charge in [0, 0.05) is 17.3 Å². The zero-order valence-corrected chi connectivity index (χ0v) is 12.0. The van der Waals surface area contributed by atoms with Crippen molar-refractivity contribution in [2.24, 2.45) is 0 Å². The van der Waals surface area contributed by atoms with Crippen LogP contribution in [0.25, 0.3) is 5.69 Å². The molecule has 0 fully saturated rings. The molecule has 0 aliphatic carbocycles. The minimum absolute atomic E-state index is 0.0533. The maximum absolute atomic E-state index is 11.2. The number of nitrogens with zero attached hydrogens (tertiary/aromatic N) is 3. The Hall–Kier alpha value is -2.70. The Morgan fingerprint density at radius 1 is 1.38 bits per heavy atom. The van der Waals surface area contributed by atoms with Crippen LogP contribution in [0.3, 0.4) is 0 Å². The summed E-state index contributed by atoms with van der Waals surface area (Å²) in [6.45, 7) is 5.18. The van der Waals surface area contributed by atoms with Crippen LogP contribution >= 0.6 is 0 Å². The van der Waals surface area contributed by atoms with Gasteiger partial charge < -0.3 is 5.11 Å². The molecule has 0 atom stereocenters. The Balaban J connectivity index is 2.69. The first kappa shape index (κ1) is 14.7. The molecule has 1 aromatic carbocycles. The molecule has 0 amide bonds. The highest BCUT2D eigenvalue weighted by Crippen LogP contribution is 2.28. The van der Waals surface area contributed by atoms with Gasteiger partial charge in [-0.25, -0.2) is 4.68 Å². The zero-order valence-electron chi connectivity index (χ0n) is 12.0. The maximum Gasteiger partial charge on any atom is 0.307 e. The summed E-state index contributed by atoms with van der Waals surface area (Å²) in [5.74, 6) is -0.958. The normalized spacial score (nSPS) is 10.6. The largest absolute Gasteiger partial charge is 0.481 e. The fourth-order valence-corrected chi connectivity index (χ4v) is 2.37. The Morgan fingerprint density at radius 3 is 2.62 bits per heavy atom. The number of aromatic nitrogens is 2. The van der Waals surface area contributed by atoms with Crippen LogP contribution in [0.1, 0.15) is 22.5 Å². The van der Waals surface area contributed by atoms with Crippen molar-refractivity contribution in [1.82, 2.24) is 9.78 Å². The van der Waals surface area contributed by atoms with E-state index in [4.69, 9.17) is 5.11 Å². The Kier molecular flexibility index (Phi) is 3.75. The quantitative estimate of drug-likeness (QED) is 0.688. The number of para-hydroxylation sites is 1. The fraction of sp³-hybridized carbons (Fsp3) is 0.286. The van der Waals surface area contributed by atoms with Crippen LogP contribution in [-0.4, -0.2) is 25.8 Å². The second-order valence-corrected chi connectivity index (χ2v) is 4.83. The molecule has 1 aromatic heterocycles. The van der Waals surface area contributed by atoms with Gasteiger partial charge in [0.25, 0.3) is 5.69 Å². The number of carboxylic acid groups (broad SMARTS) is 1. The highest BCUT2D eigenvalue weighted by atomic mass is 16.6. The van der Waals surface area contributed by atoms with Crippen LogP contribution in [0.4, 0.5) is 5.69 Å². The van der Waals surface area contributed by atoms with Gasteiger partial charge in [0.1, 0.15) is 5.69 Å². The first-order chi connectivity index (χ1) is 9.82. The fourth-order valence-electron chi connectivity index (χ4n) is 2.37. The molecule has 2 aromatic rings. The monoisotopic (exact) mass is 289 g/mol. The van der Waals surface area contributed by atoms with Gasteiger partial charge in [-0.3, -0.25) is 14.9 Å². The molecular weight excluding hydrogens is 274 g/mol. The molecule has 0 spiro atoms. The highest BCUT2D eigenvalue weighted by Gasteiger charge is 2.22. The summed E-state index contributed by atoms with van der Waals surface area (Å²) in [5.41, 5.74) is 2.78. The van der Waals surface area contributed by atoms with Gasteiger partial charge in [-0.15, -0.1) is 0 Å². The summed E-state index contributed by atoms with van der Waals surface area (Å²) in [5, 5.41) is 24.4. The molecule has 21 heavy (non-hydrogen) atoms. The van der Waals surface area contributed by atoms with E-state index >= 15 is 0 Å². The number of hydrogen-bond donors (Lipinski definition) is 1. The first-order valence-corrected chi connectivity index (χ1v) is 6.34. The molecule has 110 valence electrons. The summed E-state index contributed by atoms with van der Waals surface area (Å²) < 4.78 is 1.46. The molecule has 0 radical (unpaired) electrons. The number of nitro benzene ring substituents is 1. The summed E-state index contributed by atoms with van der Waals surface area (Å²) in [7, 11) is 0. The van der Waals surface area contributed by atoms with E-state index in [0.29, 0.717) is 28.2 Å². The topological polar surface area (TPSA) is 98.3 Å². The molecule has 1 heterocycles. The van der Waals surface area contributed by atoms with Gasteiger partial charge in [-0.05, 0) is 26.3 Å². The average molecular weight is 289 g/mol. The smallest absolute Gasteiger partial charge is 0.307 e. The number of benzene rings is 1. The number of nitro groups is 1. The van der Waals surface area contributed by atoms with Crippen LogP contribution in [0.2, 0.25) is 0 Å². The predicted octanol–water partition coefficient (Wildman–Crippen LogP) is 2.33. The third-order valence-corrected chi connectivity index (χ3v) is 3.39. The van der Waals surface area contributed by atoms with Crippen molar-refractivity contribution in [3.05, 3.63) is 50.8 Å². The van der Waals surface area contributed by atoms with Crippen LogP contribution in [0.15, 0.2) is 18.2 Å². The van der Waals surface area contributed by atoms with Crippen LogP contribution in [-0.2, 0) is 11.2 Å². The van der Waals surface area contributed by atoms with E-state index in [2.05, 4.69) is 5.10 Å². The molecule has 2 rings (SSSR count). The second-order valence-electron chi connectivity index (χ2n) is 4.83. The third kappa shape index (κ3) is 2.62. The van der Waals surface area contributed by atoms with Crippen molar-refractivity contribution >= 4 is 11.7 Å². The SMILES string of the molecule is Cc1cccc([N+](=O)[O-])c1-n1nc(C)c(CC(=O)O)c1C. The Labute approximate surface area is 121 Å². The lowest BCUT2D eigenvalue weighted by molar-refractivity contribution is -0.384. The molecule has 0 unspecified atom stereocenters. The maximum atomic E-state index is 11.2. The summed E-state index contributed by atoms with van der Waals surface area (Å²) in [6, 6.07) is 4.78. The van der Waals surface area contributed by atoms with Crippen LogP contribution < -0.4 is 0 Å². The van der Waals surface area contributed by atoms with E-state index in [-0.39, 0.29) is 12.1 Å². The number of rotatable bonds is 4. The third-order valence-electron chi connectivity index (χ3n) is 3.39. The van der Waals surface area contributed by atoms with E-state index in [1.54, 1.807) is 32.9 Å². The highest BCUT2D eigenvalue weighted by molar-refractivity contribution is 5.71. The standard InChI is InChI=1S/C14H15N3O4/c1-8-5-4-6-12(17(20)21)14(8)16-10(3)11(7-13(18)19)9(2)15-16/h4-6H,7H2,1-3H3,(H,18,19). The van der Waals surface area contributed by atoms with Crippen molar-refractivity contribution in [2.45, 2.75) is 27.2 Å². The lowest BCUT2D eigenvalue weighted by Gasteiger charge is -2.09. The Bertz CT molecular complexity index is 734. The van der Waals surface area contributed by atoms with Gasteiger partial charge in [-0.2, -0.15) is 5.10 Å². The number of aliphatic carboxylic acids is 1. The van der Waals surface area contributed by atoms with Gasteiger partial charge in [0.2, 0.25) is 0 Å². The van der Waals surface area contributed by atoms with Crippen molar-refractivity contribution in [1.29, 1.82) is 0 Å². The molecule has 0 aliphatic rings. The summed E-state index contributed by atoms with van der Waals surface area (Å²) >= 11 is 0. The number of carbonyl (C=O) groups is 1. The first-order valence-electron chi connectivity index (χ1n) is 6.34. The van der Waals surface area contributed by atoms with Crippen molar-refractivity contribution in [2.75, 3.05) is 0 Å². The van der Waals surface area contributed by atoms with E-state index in [9.17, 15) is 14.9 Å². The number of carboxylic acids is 1. The summed E-state index contributed by atoms with van der Waals surface area (Å²) in [4.78, 5) is 21.7. The van der Waals surface area contributed by atoms with E-state index in [1.807, 2.05) is 0 Å². The molecule has 7 heteroatoms.